The lowest BCUT2D eigenvalue weighted by Gasteiger charge is -2.12. The third-order valence-corrected chi connectivity index (χ3v) is 5.65. The second-order valence-electron chi connectivity index (χ2n) is 7.35. The van der Waals surface area contributed by atoms with Crippen LogP contribution in [-0.2, 0) is 4.79 Å². The molecule has 168 valence electrons. The third kappa shape index (κ3) is 4.90. The number of ether oxygens (including phenoxy) is 1. The first-order chi connectivity index (χ1) is 15.9. The molecule has 0 saturated carbocycles. The van der Waals surface area contributed by atoms with Crippen molar-refractivity contribution in [1.29, 1.82) is 0 Å². The topological polar surface area (TPSA) is 51.5 Å². The van der Waals surface area contributed by atoms with Gasteiger partial charge in [0.05, 0.1) is 23.6 Å². The molecule has 3 aromatic carbocycles. The Kier molecular flexibility index (Phi) is 6.72. The Bertz CT molecular complexity index is 1380. The van der Waals surface area contributed by atoms with Crippen LogP contribution in [0.25, 0.3) is 27.7 Å². The molecule has 0 spiro atoms. The molecule has 4 rings (SSSR count). The van der Waals surface area contributed by atoms with Crippen molar-refractivity contribution in [2.75, 3.05) is 11.9 Å². The van der Waals surface area contributed by atoms with E-state index in [1.807, 2.05) is 19.1 Å². The summed E-state index contributed by atoms with van der Waals surface area (Å²) in [6, 6.07) is 14.9. The molecule has 4 nitrogen and oxygen atoms in total. The monoisotopic (exact) mass is 483 g/mol. The molecule has 0 radical (unpaired) electrons. The predicted octanol–water partition coefficient (Wildman–Crippen LogP) is 7.99. The van der Waals surface area contributed by atoms with Gasteiger partial charge in [-0.25, -0.2) is 4.39 Å². The minimum Gasteiger partial charge on any atom is -0.493 e. The molecule has 0 aliphatic rings. The number of benzene rings is 3. The normalized spacial score (nSPS) is 11.6. The van der Waals surface area contributed by atoms with E-state index in [4.69, 9.17) is 32.4 Å². The lowest BCUT2D eigenvalue weighted by Crippen LogP contribution is -2.10. The summed E-state index contributed by atoms with van der Waals surface area (Å²) in [6.45, 7) is 4.10. The van der Waals surface area contributed by atoms with Crippen LogP contribution in [0.2, 0.25) is 10.0 Å². The number of para-hydroxylation sites is 1. The van der Waals surface area contributed by atoms with Crippen molar-refractivity contribution in [3.63, 3.8) is 0 Å². The standard InChI is InChI=1S/C26H20Cl2FNO3/c1-3-32-24-13-25-19(20(14-33-25)17-9-8-16(27)11-21(17)28)12-18(24)15(2)10-26(31)30-23-7-5-4-6-22(23)29/h4-14H,3H2,1-2H3,(H,30,31)/b15-10+. The highest BCUT2D eigenvalue weighted by Gasteiger charge is 2.17. The number of amides is 1. The molecule has 1 aromatic heterocycles. The number of halogens is 3. The van der Waals surface area contributed by atoms with Gasteiger partial charge in [-0.3, -0.25) is 4.79 Å². The average molecular weight is 484 g/mol. The molecule has 0 atom stereocenters. The fourth-order valence-corrected chi connectivity index (χ4v) is 4.07. The summed E-state index contributed by atoms with van der Waals surface area (Å²) in [5.41, 5.74) is 3.64. The first-order valence-corrected chi connectivity index (χ1v) is 11.0. The molecular formula is C26H20Cl2FNO3. The van der Waals surface area contributed by atoms with E-state index in [-0.39, 0.29) is 5.69 Å². The van der Waals surface area contributed by atoms with Crippen LogP contribution in [0.4, 0.5) is 10.1 Å². The smallest absolute Gasteiger partial charge is 0.248 e. The van der Waals surface area contributed by atoms with Gasteiger partial charge in [-0.15, -0.1) is 0 Å². The SMILES string of the molecule is CCOc1cc2occ(-c3ccc(Cl)cc3Cl)c2cc1/C(C)=C/C(=O)Nc1ccccc1F. The molecule has 1 amide bonds. The van der Waals surface area contributed by atoms with Gasteiger partial charge in [0, 0.05) is 39.2 Å². The van der Waals surface area contributed by atoms with Crippen molar-refractivity contribution < 1.29 is 18.3 Å². The van der Waals surface area contributed by atoms with Gasteiger partial charge in [0.1, 0.15) is 17.1 Å². The lowest BCUT2D eigenvalue weighted by atomic mass is 9.99. The number of rotatable bonds is 6. The number of furan rings is 1. The zero-order valence-corrected chi connectivity index (χ0v) is 19.4. The average Bonchev–Trinajstić information content (AvgIpc) is 3.17. The van der Waals surface area contributed by atoms with Gasteiger partial charge in [0.15, 0.2) is 0 Å². The minimum absolute atomic E-state index is 0.113. The van der Waals surface area contributed by atoms with E-state index in [9.17, 15) is 9.18 Å². The van der Waals surface area contributed by atoms with Crippen LogP contribution < -0.4 is 10.1 Å². The number of anilines is 1. The molecular weight excluding hydrogens is 464 g/mol. The molecule has 0 unspecified atom stereocenters. The van der Waals surface area contributed by atoms with E-state index in [0.717, 1.165) is 16.5 Å². The van der Waals surface area contributed by atoms with E-state index in [1.165, 1.54) is 18.2 Å². The third-order valence-electron chi connectivity index (χ3n) is 5.10. The van der Waals surface area contributed by atoms with Crippen LogP contribution in [0.15, 0.2) is 71.4 Å². The molecule has 0 aliphatic carbocycles. The van der Waals surface area contributed by atoms with Gasteiger partial charge >= 0.3 is 0 Å². The van der Waals surface area contributed by atoms with Crippen molar-refractivity contribution in [3.8, 4) is 16.9 Å². The van der Waals surface area contributed by atoms with Crippen LogP contribution in [0.5, 0.6) is 5.75 Å². The Morgan fingerprint density at radius 3 is 2.64 bits per heavy atom. The molecule has 0 saturated heterocycles. The Balaban J connectivity index is 1.76. The van der Waals surface area contributed by atoms with Crippen molar-refractivity contribution in [1.82, 2.24) is 0 Å². The Morgan fingerprint density at radius 1 is 1.12 bits per heavy atom. The van der Waals surface area contributed by atoms with Gasteiger partial charge < -0.3 is 14.5 Å². The number of nitrogens with one attached hydrogen (secondary N) is 1. The van der Waals surface area contributed by atoms with E-state index in [0.29, 0.717) is 39.1 Å². The van der Waals surface area contributed by atoms with Crippen LogP contribution in [0, 0.1) is 5.82 Å². The summed E-state index contributed by atoms with van der Waals surface area (Å²) in [5.74, 6) is -0.384. The Labute approximate surface area is 200 Å². The van der Waals surface area contributed by atoms with Gasteiger partial charge in [0.25, 0.3) is 0 Å². The van der Waals surface area contributed by atoms with Crippen molar-refractivity contribution in [3.05, 3.63) is 88.4 Å². The van der Waals surface area contributed by atoms with Gasteiger partial charge in [-0.05, 0) is 49.8 Å². The van der Waals surface area contributed by atoms with Crippen LogP contribution in [0.3, 0.4) is 0 Å². The maximum absolute atomic E-state index is 13.9. The number of hydrogen-bond donors (Lipinski definition) is 1. The number of hydrogen-bond acceptors (Lipinski definition) is 3. The molecule has 4 aromatic rings. The zero-order valence-electron chi connectivity index (χ0n) is 17.9. The zero-order chi connectivity index (χ0) is 23.5. The molecule has 1 heterocycles. The second-order valence-corrected chi connectivity index (χ2v) is 8.19. The summed E-state index contributed by atoms with van der Waals surface area (Å²) in [4.78, 5) is 12.6. The summed E-state index contributed by atoms with van der Waals surface area (Å²) in [6.07, 6.45) is 3.04. The van der Waals surface area contributed by atoms with Crippen molar-refractivity contribution in [2.24, 2.45) is 0 Å². The highest BCUT2D eigenvalue weighted by Crippen LogP contribution is 2.40. The van der Waals surface area contributed by atoms with Crippen molar-refractivity contribution in [2.45, 2.75) is 13.8 Å². The molecule has 1 N–H and O–H groups in total. The Hall–Kier alpha value is -3.28. The first-order valence-electron chi connectivity index (χ1n) is 10.2. The molecule has 0 fully saturated rings. The number of carbonyl (C=O) groups excluding carboxylic acids is 1. The highest BCUT2D eigenvalue weighted by atomic mass is 35.5. The fraction of sp³-hybridized carbons (Fsp3) is 0.115. The molecule has 0 bridgehead atoms. The molecule has 7 heteroatoms. The summed E-state index contributed by atoms with van der Waals surface area (Å²) in [7, 11) is 0. The van der Waals surface area contributed by atoms with E-state index in [2.05, 4.69) is 5.32 Å². The van der Waals surface area contributed by atoms with Crippen LogP contribution >= 0.6 is 23.2 Å². The molecule has 0 aliphatic heterocycles. The Morgan fingerprint density at radius 2 is 1.91 bits per heavy atom. The second kappa shape index (κ2) is 9.69. The van der Waals surface area contributed by atoms with E-state index >= 15 is 0 Å². The molecule has 33 heavy (non-hydrogen) atoms. The van der Waals surface area contributed by atoms with E-state index < -0.39 is 11.7 Å². The highest BCUT2D eigenvalue weighted by molar-refractivity contribution is 6.36. The van der Waals surface area contributed by atoms with Crippen LogP contribution in [0.1, 0.15) is 19.4 Å². The van der Waals surface area contributed by atoms with Gasteiger partial charge in [0.2, 0.25) is 5.91 Å². The fourth-order valence-electron chi connectivity index (χ4n) is 3.56. The number of allylic oxidation sites excluding steroid dienone is 1. The van der Waals surface area contributed by atoms with Crippen LogP contribution in [-0.4, -0.2) is 12.5 Å². The largest absolute Gasteiger partial charge is 0.493 e. The quantitative estimate of drug-likeness (QED) is 0.282. The van der Waals surface area contributed by atoms with E-state index in [1.54, 1.807) is 43.5 Å². The summed E-state index contributed by atoms with van der Waals surface area (Å²) < 4.78 is 25.5. The predicted molar refractivity (Wildman–Crippen MR) is 132 cm³/mol. The minimum atomic E-state index is -0.504. The number of fused-ring (bicyclic) bond motifs is 1. The van der Waals surface area contributed by atoms with Gasteiger partial charge in [-0.1, -0.05) is 41.4 Å². The van der Waals surface area contributed by atoms with Gasteiger partial charge in [-0.2, -0.15) is 0 Å². The first kappa shape index (κ1) is 22.9. The summed E-state index contributed by atoms with van der Waals surface area (Å²) in [5, 5.41) is 4.41. The lowest BCUT2D eigenvalue weighted by molar-refractivity contribution is -0.111. The summed E-state index contributed by atoms with van der Waals surface area (Å²) >= 11 is 12.5. The maximum Gasteiger partial charge on any atom is 0.248 e. The van der Waals surface area contributed by atoms with Crippen molar-refractivity contribution >= 4 is 51.3 Å². The maximum atomic E-state index is 13.9. The number of carbonyl (C=O) groups is 1.